The third-order valence-electron chi connectivity index (χ3n) is 5.93. The van der Waals surface area contributed by atoms with Crippen molar-refractivity contribution in [3.63, 3.8) is 0 Å². The molecule has 4 rings (SSSR count). The molecule has 1 atom stereocenters. The zero-order valence-electron chi connectivity index (χ0n) is 17.6. The zero-order valence-corrected chi connectivity index (χ0v) is 17.6. The molecule has 0 saturated carbocycles. The maximum atomic E-state index is 12.8. The van der Waals surface area contributed by atoms with Gasteiger partial charge in [0.15, 0.2) is 6.10 Å². The van der Waals surface area contributed by atoms with Crippen molar-refractivity contribution in [1.29, 1.82) is 0 Å². The first-order chi connectivity index (χ1) is 15.0. The summed E-state index contributed by atoms with van der Waals surface area (Å²) in [5, 5.41) is 2.86. The first-order valence-corrected chi connectivity index (χ1v) is 10.7. The van der Waals surface area contributed by atoms with E-state index in [9.17, 15) is 14.4 Å². The Kier molecular flexibility index (Phi) is 6.21. The molecule has 1 fully saturated rings. The van der Waals surface area contributed by atoms with Crippen LogP contribution in [-0.4, -0.2) is 48.5 Å². The quantitative estimate of drug-likeness (QED) is 0.767. The Balaban J connectivity index is 1.26. The first kappa shape index (κ1) is 20.9. The number of anilines is 2. The van der Waals surface area contributed by atoms with Gasteiger partial charge in [-0.3, -0.25) is 9.59 Å². The van der Waals surface area contributed by atoms with Crippen LogP contribution in [0.5, 0.6) is 0 Å². The Morgan fingerprint density at radius 1 is 0.968 bits per heavy atom. The van der Waals surface area contributed by atoms with Crippen LogP contribution < -0.4 is 10.2 Å². The van der Waals surface area contributed by atoms with E-state index in [4.69, 9.17) is 4.74 Å². The Morgan fingerprint density at radius 3 is 2.39 bits per heavy atom. The van der Waals surface area contributed by atoms with E-state index in [0.29, 0.717) is 32.5 Å². The van der Waals surface area contributed by atoms with Crippen LogP contribution in [0.1, 0.15) is 25.3 Å². The van der Waals surface area contributed by atoms with Crippen molar-refractivity contribution in [2.75, 3.05) is 29.9 Å². The molecule has 0 unspecified atom stereocenters. The van der Waals surface area contributed by atoms with Crippen LogP contribution in [0, 0.1) is 5.92 Å². The molecule has 0 spiro atoms. The third-order valence-corrected chi connectivity index (χ3v) is 5.93. The van der Waals surface area contributed by atoms with Crippen LogP contribution in [0.15, 0.2) is 54.6 Å². The minimum atomic E-state index is -0.835. The molecule has 31 heavy (non-hydrogen) atoms. The highest BCUT2D eigenvalue weighted by Crippen LogP contribution is 2.28. The summed E-state index contributed by atoms with van der Waals surface area (Å²) in [6.45, 7) is 3.18. The van der Waals surface area contributed by atoms with Crippen LogP contribution in [0.4, 0.5) is 16.2 Å². The van der Waals surface area contributed by atoms with Gasteiger partial charge in [0.2, 0.25) is 0 Å². The molecule has 2 aliphatic heterocycles. The predicted molar refractivity (Wildman–Crippen MR) is 118 cm³/mol. The summed E-state index contributed by atoms with van der Waals surface area (Å²) in [5.74, 6) is -0.865. The number of hydrogen-bond donors (Lipinski definition) is 1. The molecule has 162 valence electrons. The molecule has 0 aromatic heterocycles. The van der Waals surface area contributed by atoms with Gasteiger partial charge in [0, 0.05) is 31.0 Å². The summed E-state index contributed by atoms with van der Waals surface area (Å²) in [6.07, 6.45) is 1.02. The minimum absolute atomic E-state index is 0.172. The highest BCUT2D eigenvalue weighted by atomic mass is 16.5. The molecule has 0 aliphatic carbocycles. The zero-order chi connectivity index (χ0) is 21.8. The highest BCUT2D eigenvalue weighted by Gasteiger charge is 2.33. The number of carbonyl (C=O) groups is 3. The fourth-order valence-corrected chi connectivity index (χ4v) is 4.15. The number of ether oxygens (including phenoxy) is 1. The molecule has 7 nitrogen and oxygen atoms in total. The number of carbonyl (C=O) groups excluding carboxylic acids is 3. The number of piperidine rings is 1. The summed E-state index contributed by atoms with van der Waals surface area (Å²) in [7, 11) is 0. The topological polar surface area (TPSA) is 79.0 Å². The fourth-order valence-electron chi connectivity index (χ4n) is 4.15. The molecule has 7 heteroatoms. The average Bonchev–Trinajstić information content (AvgIpc) is 3.23. The van der Waals surface area contributed by atoms with Gasteiger partial charge in [0.05, 0.1) is 5.92 Å². The Labute approximate surface area is 182 Å². The summed E-state index contributed by atoms with van der Waals surface area (Å²) in [6, 6.07) is 16.9. The van der Waals surface area contributed by atoms with E-state index < -0.39 is 6.10 Å². The number of nitrogens with one attached hydrogen (secondary N) is 1. The van der Waals surface area contributed by atoms with Crippen molar-refractivity contribution in [3.05, 3.63) is 60.2 Å². The second kappa shape index (κ2) is 9.20. The summed E-state index contributed by atoms with van der Waals surface area (Å²) in [5.41, 5.74) is 2.77. The number of para-hydroxylation sites is 2. The number of rotatable bonds is 4. The van der Waals surface area contributed by atoms with E-state index in [2.05, 4.69) is 5.32 Å². The van der Waals surface area contributed by atoms with Gasteiger partial charge in [0.25, 0.3) is 5.91 Å². The van der Waals surface area contributed by atoms with Gasteiger partial charge in [0.1, 0.15) is 0 Å². The predicted octanol–water partition coefficient (Wildman–Crippen LogP) is 3.45. The van der Waals surface area contributed by atoms with Crippen LogP contribution in [0.25, 0.3) is 0 Å². The van der Waals surface area contributed by atoms with E-state index in [1.807, 2.05) is 54.6 Å². The third kappa shape index (κ3) is 4.71. The van der Waals surface area contributed by atoms with Crippen LogP contribution in [0.2, 0.25) is 0 Å². The van der Waals surface area contributed by atoms with Crippen molar-refractivity contribution in [1.82, 2.24) is 4.90 Å². The van der Waals surface area contributed by atoms with Gasteiger partial charge in [-0.15, -0.1) is 0 Å². The number of esters is 1. The molecule has 2 heterocycles. The van der Waals surface area contributed by atoms with E-state index >= 15 is 0 Å². The van der Waals surface area contributed by atoms with E-state index in [1.165, 1.54) is 0 Å². The maximum Gasteiger partial charge on any atom is 0.321 e. The molecular weight excluding hydrogens is 394 g/mol. The first-order valence-electron chi connectivity index (χ1n) is 10.7. The molecule has 0 radical (unpaired) electrons. The van der Waals surface area contributed by atoms with Gasteiger partial charge < -0.3 is 19.9 Å². The SMILES string of the molecule is C[C@@H](OC(=O)C1CCN(C(=O)Nc2ccccc2)CC1)C(=O)N1CCc2ccccc21. The lowest BCUT2D eigenvalue weighted by atomic mass is 9.97. The Bertz CT molecular complexity index is 954. The number of hydrogen-bond acceptors (Lipinski definition) is 4. The van der Waals surface area contributed by atoms with Gasteiger partial charge in [-0.25, -0.2) is 4.79 Å². The molecule has 2 aliphatic rings. The largest absolute Gasteiger partial charge is 0.452 e. The number of urea groups is 1. The standard InChI is InChI=1S/C24H27N3O4/c1-17(22(28)27-16-13-18-7-5-6-10-21(18)27)31-23(29)19-11-14-26(15-12-19)24(30)25-20-8-3-2-4-9-20/h2-10,17,19H,11-16H2,1H3,(H,25,30)/t17-/m1/s1. The van der Waals surface area contributed by atoms with E-state index in [0.717, 1.165) is 23.4 Å². The lowest BCUT2D eigenvalue weighted by molar-refractivity contribution is -0.159. The molecule has 2 aromatic carbocycles. The second-order valence-corrected chi connectivity index (χ2v) is 8.01. The van der Waals surface area contributed by atoms with Crippen molar-refractivity contribution in [3.8, 4) is 0 Å². The van der Waals surface area contributed by atoms with E-state index in [-0.39, 0.29) is 23.8 Å². The molecule has 0 bridgehead atoms. The summed E-state index contributed by atoms with van der Waals surface area (Å²) in [4.78, 5) is 41.3. The Morgan fingerprint density at radius 2 is 1.65 bits per heavy atom. The van der Waals surface area contributed by atoms with Crippen molar-refractivity contribution >= 4 is 29.3 Å². The maximum absolute atomic E-state index is 12.8. The monoisotopic (exact) mass is 421 g/mol. The minimum Gasteiger partial charge on any atom is -0.452 e. The van der Waals surface area contributed by atoms with Gasteiger partial charge in [-0.1, -0.05) is 36.4 Å². The Hall–Kier alpha value is -3.35. The fraction of sp³-hybridized carbons (Fsp3) is 0.375. The lowest BCUT2D eigenvalue weighted by Crippen LogP contribution is -2.44. The average molecular weight is 421 g/mol. The molecule has 3 amide bonds. The van der Waals surface area contributed by atoms with Crippen LogP contribution in [-0.2, 0) is 20.7 Å². The van der Waals surface area contributed by atoms with Gasteiger partial charge >= 0.3 is 12.0 Å². The molecule has 2 aromatic rings. The second-order valence-electron chi connectivity index (χ2n) is 8.01. The number of amides is 3. The van der Waals surface area contributed by atoms with Crippen LogP contribution in [0.3, 0.4) is 0 Å². The number of likely N-dealkylation sites (tertiary alicyclic amines) is 1. The summed E-state index contributed by atoms with van der Waals surface area (Å²) >= 11 is 0. The summed E-state index contributed by atoms with van der Waals surface area (Å²) < 4.78 is 5.52. The smallest absolute Gasteiger partial charge is 0.321 e. The molecule has 1 saturated heterocycles. The highest BCUT2D eigenvalue weighted by molar-refractivity contribution is 5.99. The van der Waals surface area contributed by atoms with Gasteiger partial charge in [-0.05, 0) is 49.9 Å². The van der Waals surface area contributed by atoms with Crippen molar-refractivity contribution in [2.24, 2.45) is 5.92 Å². The van der Waals surface area contributed by atoms with Crippen LogP contribution >= 0.6 is 0 Å². The number of nitrogens with zero attached hydrogens (tertiary/aromatic N) is 2. The molecule has 1 N–H and O–H groups in total. The molecular formula is C24H27N3O4. The van der Waals surface area contributed by atoms with Gasteiger partial charge in [-0.2, -0.15) is 0 Å². The number of fused-ring (bicyclic) bond motifs is 1. The lowest BCUT2D eigenvalue weighted by Gasteiger charge is -2.31. The van der Waals surface area contributed by atoms with E-state index in [1.54, 1.807) is 16.7 Å². The number of benzene rings is 2. The van der Waals surface area contributed by atoms with Crippen molar-refractivity contribution in [2.45, 2.75) is 32.3 Å². The van der Waals surface area contributed by atoms with Crippen molar-refractivity contribution < 1.29 is 19.1 Å². The normalized spacial score (nSPS) is 17.1.